The molecule has 0 bridgehead atoms. The van der Waals surface area contributed by atoms with Gasteiger partial charge in [0.2, 0.25) is 0 Å². The maximum atomic E-state index is 10.2. The highest BCUT2D eigenvalue weighted by atomic mass is 32.3. The van der Waals surface area contributed by atoms with E-state index in [0.717, 1.165) is 12.8 Å². The third-order valence-electron chi connectivity index (χ3n) is 2.83. The van der Waals surface area contributed by atoms with Crippen LogP contribution in [0.1, 0.15) is 71.1 Å². The van der Waals surface area contributed by atoms with Gasteiger partial charge in [0.05, 0.1) is 13.2 Å². The molecule has 0 aliphatic rings. The number of thiol groups is 1. The van der Waals surface area contributed by atoms with Crippen LogP contribution in [-0.2, 0) is 14.6 Å². The Morgan fingerprint density at radius 2 is 1.29 bits per heavy atom. The maximum absolute atomic E-state index is 10.2. The fourth-order valence-electron chi connectivity index (χ4n) is 1.75. The van der Waals surface area contributed by atoms with Crippen LogP contribution in [0.3, 0.4) is 0 Å². The van der Waals surface area contributed by atoms with Crippen LogP contribution in [0.4, 0.5) is 0 Å². The first-order valence-corrected chi connectivity index (χ1v) is 9.81. The van der Waals surface area contributed by atoms with Crippen molar-refractivity contribution in [3.63, 3.8) is 0 Å². The third kappa shape index (κ3) is 28.9. The summed E-state index contributed by atoms with van der Waals surface area (Å²) in [6.45, 7) is 2.49. The molecule has 0 atom stereocenters. The smallest absolute Gasteiger partial charge is 0.396 e. The van der Waals surface area contributed by atoms with Crippen LogP contribution in [0.25, 0.3) is 0 Å². The SMILES string of the molecule is CCCCCCCCCCCCOS(=O)(=O)O.OCCS. The number of rotatable bonds is 13. The van der Waals surface area contributed by atoms with E-state index in [-0.39, 0.29) is 13.2 Å². The third-order valence-corrected chi connectivity index (χ3v) is 3.49. The van der Waals surface area contributed by atoms with Crippen LogP contribution in [0.2, 0.25) is 0 Å². The van der Waals surface area contributed by atoms with Gasteiger partial charge < -0.3 is 5.11 Å². The molecule has 21 heavy (non-hydrogen) atoms. The van der Waals surface area contributed by atoms with Crippen LogP contribution in [-0.4, -0.2) is 37.0 Å². The predicted octanol–water partition coefficient (Wildman–Crippen LogP) is 3.64. The molecule has 0 spiro atoms. The number of unbranched alkanes of at least 4 members (excludes halogenated alkanes) is 9. The Morgan fingerprint density at radius 1 is 0.905 bits per heavy atom. The van der Waals surface area contributed by atoms with Crippen molar-refractivity contribution in [2.24, 2.45) is 0 Å². The van der Waals surface area contributed by atoms with E-state index < -0.39 is 10.4 Å². The second-order valence-electron chi connectivity index (χ2n) is 4.88. The van der Waals surface area contributed by atoms with Crippen molar-refractivity contribution in [1.82, 2.24) is 0 Å². The van der Waals surface area contributed by atoms with E-state index in [2.05, 4.69) is 23.7 Å². The summed E-state index contributed by atoms with van der Waals surface area (Å²) in [5.74, 6) is 0.569. The Labute approximate surface area is 135 Å². The molecule has 2 N–H and O–H groups in total. The largest absolute Gasteiger partial charge is 0.397 e. The van der Waals surface area contributed by atoms with Crippen LogP contribution < -0.4 is 0 Å². The molecule has 0 saturated carbocycles. The van der Waals surface area contributed by atoms with Crippen LogP contribution in [0.15, 0.2) is 0 Å². The summed E-state index contributed by atoms with van der Waals surface area (Å²) in [5.41, 5.74) is 0. The summed E-state index contributed by atoms with van der Waals surface area (Å²) < 4.78 is 33.0. The van der Waals surface area contributed by atoms with Crippen LogP contribution in [0, 0.1) is 0 Å². The molecule has 0 aromatic heterocycles. The monoisotopic (exact) mass is 344 g/mol. The molecule has 130 valence electrons. The molecule has 0 rings (SSSR count). The minimum absolute atomic E-state index is 0.0926. The molecular formula is C14H32O5S2. The summed E-state index contributed by atoms with van der Waals surface area (Å²) in [7, 11) is -4.23. The van der Waals surface area contributed by atoms with Crippen molar-refractivity contribution in [3.8, 4) is 0 Å². The average molecular weight is 345 g/mol. The molecular weight excluding hydrogens is 312 g/mol. The van der Waals surface area contributed by atoms with Gasteiger partial charge in [0.1, 0.15) is 0 Å². The first kappa shape index (κ1) is 23.4. The highest BCUT2D eigenvalue weighted by Gasteiger charge is 2.02. The Hall–Kier alpha value is 0.180. The summed E-state index contributed by atoms with van der Waals surface area (Å²) in [5, 5.41) is 7.80. The van der Waals surface area contributed by atoms with Crippen LogP contribution >= 0.6 is 12.6 Å². The lowest BCUT2D eigenvalue weighted by Crippen LogP contribution is -2.04. The normalized spacial score (nSPS) is 11.0. The van der Waals surface area contributed by atoms with Gasteiger partial charge in [0, 0.05) is 5.75 Å². The van der Waals surface area contributed by atoms with E-state index in [1.54, 1.807) is 0 Å². The lowest BCUT2D eigenvalue weighted by Gasteiger charge is -2.02. The van der Waals surface area contributed by atoms with Crippen LogP contribution in [0.5, 0.6) is 0 Å². The molecule has 0 fully saturated rings. The van der Waals surface area contributed by atoms with Gasteiger partial charge in [-0.05, 0) is 6.42 Å². The summed E-state index contributed by atoms with van der Waals surface area (Å²) >= 11 is 3.67. The Kier molecular flexibility index (Phi) is 20.4. The zero-order chi connectivity index (χ0) is 16.4. The number of hydrogen-bond donors (Lipinski definition) is 3. The molecule has 0 saturated heterocycles. The van der Waals surface area contributed by atoms with Gasteiger partial charge in [-0.25, -0.2) is 4.18 Å². The fourth-order valence-corrected chi connectivity index (χ4v) is 2.08. The molecule has 0 aromatic rings. The number of aliphatic hydroxyl groups is 1. The van der Waals surface area contributed by atoms with Crippen molar-refractivity contribution >= 4 is 23.0 Å². The first-order valence-electron chi connectivity index (χ1n) is 7.81. The number of aliphatic hydroxyl groups excluding tert-OH is 1. The van der Waals surface area contributed by atoms with Gasteiger partial charge in [-0.2, -0.15) is 21.0 Å². The number of hydrogen-bond acceptors (Lipinski definition) is 5. The van der Waals surface area contributed by atoms with E-state index in [1.165, 1.54) is 44.9 Å². The van der Waals surface area contributed by atoms with Crippen molar-refractivity contribution in [2.45, 2.75) is 71.1 Å². The molecule has 5 nitrogen and oxygen atoms in total. The molecule has 0 aliphatic carbocycles. The Bertz CT molecular complexity index is 279. The molecule has 0 unspecified atom stereocenters. The maximum Gasteiger partial charge on any atom is 0.397 e. The fraction of sp³-hybridized carbons (Fsp3) is 1.00. The van der Waals surface area contributed by atoms with E-state index in [9.17, 15) is 8.42 Å². The van der Waals surface area contributed by atoms with Gasteiger partial charge in [0.25, 0.3) is 0 Å². The van der Waals surface area contributed by atoms with E-state index in [0.29, 0.717) is 12.2 Å². The summed E-state index contributed by atoms with van der Waals surface area (Å²) in [6.07, 6.45) is 11.9. The minimum Gasteiger partial charge on any atom is -0.396 e. The van der Waals surface area contributed by atoms with Crippen molar-refractivity contribution in [3.05, 3.63) is 0 Å². The second kappa shape index (κ2) is 18.2. The quantitative estimate of drug-likeness (QED) is 0.270. The summed E-state index contributed by atoms with van der Waals surface area (Å²) in [6, 6.07) is 0. The molecule has 0 aromatic carbocycles. The van der Waals surface area contributed by atoms with Crippen molar-refractivity contribution < 1.29 is 22.3 Å². The Balaban J connectivity index is 0. The lowest BCUT2D eigenvalue weighted by molar-refractivity contribution is 0.261. The van der Waals surface area contributed by atoms with Gasteiger partial charge in [-0.1, -0.05) is 64.7 Å². The molecule has 0 radical (unpaired) electrons. The predicted molar refractivity (Wildman–Crippen MR) is 90.3 cm³/mol. The topological polar surface area (TPSA) is 83.8 Å². The minimum atomic E-state index is -4.23. The zero-order valence-corrected chi connectivity index (χ0v) is 14.9. The van der Waals surface area contributed by atoms with Gasteiger partial charge in [-0.15, -0.1) is 0 Å². The van der Waals surface area contributed by atoms with E-state index >= 15 is 0 Å². The van der Waals surface area contributed by atoms with E-state index in [4.69, 9.17) is 9.66 Å². The standard InChI is InChI=1S/C12H26O4S.C2H6OS/c1-2-3-4-5-6-7-8-9-10-11-12-16-17(13,14)15;3-1-2-4/h2-12H2,1H3,(H,13,14,15);3-4H,1-2H2. The van der Waals surface area contributed by atoms with Gasteiger partial charge >= 0.3 is 10.4 Å². The summed E-state index contributed by atoms with van der Waals surface area (Å²) in [4.78, 5) is 0. The molecule has 0 aliphatic heterocycles. The Morgan fingerprint density at radius 3 is 1.62 bits per heavy atom. The molecule has 0 amide bonds. The molecule has 7 heteroatoms. The highest BCUT2D eigenvalue weighted by Crippen LogP contribution is 2.10. The first-order chi connectivity index (χ1) is 9.97. The van der Waals surface area contributed by atoms with Gasteiger partial charge in [-0.3, -0.25) is 4.55 Å². The average Bonchev–Trinajstić information content (AvgIpc) is 2.44. The lowest BCUT2D eigenvalue weighted by atomic mass is 10.1. The van der Waals surface area contributed by atoms with Crippen molar-refractivity contribution in [1.29, 1.82) is 0 Å². The zero-order valence-electron chi connectivity index (χ0n) is 13.2. The molecule has 0 heterocycles. The second-order valence-corrected chi connectivity index (χ2v) is 6.42. The highest BCUT2D eigenvalue weighted by molar-refractivity contribution is 7.80. The van der Waals surface area contributed by atoms with E-state index in [1.807, 2.05) is 0 Å². The van der Waals surface area contributed by atoms with Gasteiger partial charge in [0.15, 0.2) is 0 Å². The van der Waals surface area contributed by atoms with Crippen molar-refractivity contribution in [2.75, 3.05) is 19.0 Å².